The number of hydrogen-bond acceptors (Lipinski definition) is 4. The molecule has 7 heteroatoms. The smallest absolute Gasteiger partial charge is 0.242 e. The average Bonchev–Trinajstić information content (AvgIpc) is 2.98. The molecule has 0 aromatic carbocycles. The highest BCUT2D eigenvalue weighted by Gasteiger charge is 2.20. The molecule has 1 aliphatic heterocycles. The highest BCUT2D eigenvalue weighted by Crippen LogP contribution is 2.25. The zero-order chi connectivity index (χ0) is 13.0. The number of thioether (sulfide) groups is 1. The molecule has 1 unspecified atom stereocenters. The molecule has 18 heavy (non-hydrogen) atoms. The number of aromatic amines is 1. The lowest BCUT2D eigenvalue weighted by Gasteiger charge is -2.09. The summed E-state index contributed by atoms with van der Waals surface area (Å²) in [7, 11) is -1.54. The van der Waals surface area contributed by atoms with Gasteiger partial charge in [0.1, 0.15) is 0 Å². The minimum Gasteiger partial charge on any atom is -0.363 e. The van der Waals surface area contributed by atoms with Gasteiger partial charge in [-0.3, -0.25) is 0 Å². The molecule has 1 saturated heterocycles. The lowest BCUT2D eigenvalue weighted by molar-refractivity contribution is 0.579. The molecule has 3 N–H and O–H groups in total. The zero-order valence-corrected chi connectivity index (χ0v) is 12.0. The summed E-state index contributed by atoms with van der Waals surface area (Å²) in [5, 5.41) is 3.40. The van der Waals surface area contributed by atoms with E-state index in [2.05, 4.69) is 15.0 Å². The van der Waals surface area contributed by atoms with Gasteiger partial charge in [-0.25, -0.2) is 13.1 Å². The van der Waals surface area contributed by atoms with E-state index in [-0.39, 0.29) is 0 Å². The number of sulfonamides is 1. The van der Waals surface area contributed by atoms with E-state index in [9.17, 15) is 8.42 Å². The first-order chi connectivity index (χ1) is 8.62. The minimum atomic E-state index is -3.37. The Morgan fingerprint density at radius 1 is 1.56 bits per heavy atom. The van der Waals surface area contributed by atoms with Crippen LogP contribution in [0.3, 0.4) is 0 Å². The van der Waals surface area contributed by atoms with Crippen LogP contribution < -0.4 is 10.0 Å². The van der Waals surface area contributed by atoms with E-state index in [0.717, 1.165) is 17.9 Å². The van der Waals surface area contributed by atoms with Crippen molar-refractivity contribution in [2.45, 2.75) is 29.5 Å². The minimum absolute atomic E-state index is 0.316. The van der Waals surface area contributed by atoms with Gasteiger partial charge in [-0.05, 0) is 31.7 Å². The summed E-state index contributed by atoms with van der Waals surface area (Å²) in [4.78, 5) is 3.27. The summed E-state index contributed by atoms with van der Waals surface area (Å²) >= 11 is 1.85. The fourth-order valence-corrected chi connectivity index (χ4v) is 4.36. The Hall–Kier alpha value is -0.500. The summed E-state index contributed by atoms with van der Waals surface area (Å²) in [5.74, 6) is 1.14. The van der Waals surface area contributed by atoms with Gasteiger partial charge in [0.2, 0.25) is 10.0 Å². The first-order valence-electron chi connectivity index (χ1n) is 6.05. The van der Waals surface area contributed by atoms with E-state index in [1.54, 1.807) is 6.07 Å². The summed E-state index contributed by atoms with van der Waals surface area (Å²) in [6.07, 6.45) is 3.83. The van der Waals surface area contributed by atoms with Crippen molar-refractivity contribution in [3.63, 3.8) is 0 Å². The third-order valence-corrected chi connectivity index (χ3v) is 5.72. The Bertz CT molecular complexity index is 478. The van der Waals surface area contributed by atoms with Crippen LogP contribution in [0.2, 0.25) is 0 Å². The largest absolute Gasteiger partial charge is 0.363 e. The Balaban J connectivity index is 1.95. The van der Waals surface area contributed by atoms with Crippen LogP contribution in [0.1, 0.15) is 18.5 Å². The number of H-pyrrole nitrogens is 1. The van der Waals surface area contributed by atoms with Crippen LogP contribution in [-0.4, -0.2) is 38.0 Å². The topological polar surface area (TPSA) is 74.0 Å². The molecule has 0 aliphatic carbocycles. The lowest BCUT2D eigenvalue weighted by atomic mass is 10.2. The van der Waals surface area contributed by atoms with E-state index in [0.29, 0.717) is 23.2 Å². The van der Waals surface area contributed by atoms with E-state index in [1.165, 1.54) is 12.6 Å². The van der Waals surface area contributed by atoms with E-state index in [1.807, 2.05) is 18.8 Å². The Morgan fingerprint density at radius 3 is 3.06 bits per heavy atom. The Labute approximate surface area is 112 Å². The summed E-state index contributed by atoms with van der Waals surface area (Å²) in [5.41, 5.74) is 0.869. The second-order valence-electron chi connectivity index (χ2n) is 4.38. The van der Waals surface area contributed by atoms with Gasteiger partial charge in [-0.1, -0.05) is 0 Å². The van der Waals surface area contributed by atoms with Gasteiger partial charge in [0.25, 0.3) is 0 Å². The molecule has 102 valence electrons. The zero-order valence-electron chi connectivity index (χ0n) is 10.4. The van der Waals surface area contributed by atoms with Crippen molar-refractivity contribution in [1.29, 1.82) is 0 Å². The molecule has 1 aromatic heterocycles. The SMILES string of the molecule is CNCc1cc(S(=O)(=O)NCC2CCCS2)c[nH]1. The molecule has 5 nitrogen and oxygen atoms in total. The maximum atomic E-state index is 12.0. The molecule has 2 rings (SSSR count). The number of nitrogens with one attached hydrogen (secondary N) is 3. The van der Waals surface area contributed by atoms with Crippen molar-refractivity contribution in [2.75, 3.05) is 19.3 Å². The summed E-state index contributed by atoms with van der Waals surface area (Å²) in [6, 6.07) is 1.67. The van der Waals surface area contributed by atoms with Crippen LogP contribution >= 0.6 is 11.8 Å². The molecule has 1 fully saturated rings. The second kappa shape index (κ2) is 6.10. The van der Waals surface area contributed by atoms with Gasteiger partial charge in [-0.2, -0.15) is 11.8 Å². The molecule has 0 amide bonds. The maximum Gasteiger partial charge on any atom is 0.242 e. The van der Waals surface area contributed by atoms with E-state index in [4.69, 9.17) is 0 Å². The molecule has 0 bridgehead atoms. The fraction of sp³-hybridized carbons (Fsp3) is 0.636. The van der Waals surface area contributed by atoms with Gasteiger partial charge in [0.05, 0.1) is 4.90 Å². The summed E-state index contributed by atoms with van der Waals surface area (Å²) in [6.45, 7) is 1.16. The third-order valence-electron chi connectivity index (χ3n) is 2.92. The molecule has 0 radical (unpaired) electrons. The second-order valence-corrected chi connectivity index (χ2v) is 7.55. The number of hydrogen-bond donors (Lipinski definition) is 3. The molecule has 0 spiro atoms. The average molecular weight is 289 g/mol. The monoisotopic (exact) mass is 289 g/mol. The molecular weight excluding hydrogens is 270 g/mol. The van der Waals surface area contributed by atoms with Crippen molar-refractivity contribution in [3.05, 3.63) is 18.0 Å². The van der Waals surface area contributed by atoms with Crippen LogP contribution in [-0.2, 0) is 16.6 Å². The number of aromatic nitrogens is 1. The predicted molar refractivity (Wildman–Crippen MR) is 74.2 cm³/mol. The fourth-order valence-electron chi connectivity index (χ4n) is 1.96. The molecular formula is C11H19N3O2S2. The molecule has 0 saturated carbocycles. The van der Waals surface area contributed by atoms with Crippen LogP contribution in [0.4, 0.5) is 0 Å². The van der Waals surface area contributed by atoms with Gasteiger partial charge in [0.15, 0.2) is 0 Å². The van der Waals surface area contributed by atoms with Crippen LogP contribution in [0.5, 0.6) is 0 Å². The van der Waals surface area contributed by atoms with Crippen molar-refractivity contribution in [2.24, 2.45) is 0 Å². The summed E-state index contributed by atoms with van der Waals surface area (Å²) < 4.78 is 26.8. The Kier molecular flexibility index (Phi) is 4.71. The van der Waals surface area contributed by atoms with Crippen LogP contribution in [0, 0.1) is 0 Å². The highest BCUT2D eigenvalue weighted by atomic mass is 32.2. The van der Waals surface area contributed by atoms with Crippen LogP contribution in [0.15, 0.2) is 17.2 Å². The first-order valence-corrected chi connectivity index (χ1v) is 8.58. The molecule has 1 aromatic rings. The quantitative estimate of drug-likeness (QED) is 0.728. The number of rotatable bonds is 6. The Morgan fingerprint density at radius 2 is 2.39 bits per heavy atom. The third kappa shape index (κ3) is 3.50. The predicted octanol–water partition coefficient (Wildman–Crippen LogP) is 0.908. The van der Waals surface area contributed by atoms with Gasteiger partial charge >= 0.3 is 0 Å². The van der Waals surface area contributed by atoms with Gasteiger partial charge < -0.3 is 10.3 Å². The molecule has 1 aliphatic rings. The van der Waals surface area contributed by atoms with Crippen molar-refractivity contribution in [3.8, 4) is 0 Å². The van der Waals surface area contributed by atoms with Crippen LogP contribution in [0.25, 0.3) is 0 Å². The van der Waals surface area contributed by atoms with Crippen molar-refractivity contribution < 1.29 is 8.42 Å². The normalized spacial score (nSPS) is 20.4. The van der Waals surface area contributed by atoms with E-state index < -0.39 is 10.0 Å². The van der Waals surface area contributed by atoms with Crippen molar-refractivity contribution >= 4 is 21.8 Å². The van der Waals surface area contributed by atoms with Gasteiger partial charge in [0, 0.05) is 30.2 Å². The molecule has 1 atom stereocenters. The first kappa shape index (κ1) is 13.9. The molecule has 2 heterocycles. The maximum absolute atomic E-state index is 12.0. The van der Waals surface area contributed by atoms with E-state index >= 15 is 0 Å². The van der Waals surface area contributed by atoms with Gasteiger partial charge in [-0.15, -0.1) is 0 Å². The standard InChI is InChI=1S/C11H19N3O2S2/c1-12-6-9-5-11(8-13-9)18(15,16)14-7-10-3-2-4-17-10/h5,8,10,12-14H,2-4,6-7H2,1H3. The lowest BCUT2D eigenvalue weighted by Crippen LogP contribution is -2.29. The van der Waals surface area contributed by atoms with Crippen molar-refractivity contribution in [1.82, 2.24) is 15.0 Å². The highest BCUT2D eigenvalue weighted by molar-refractivity contribution is 8.00.